The number of hydrogen-bond acceptors (Lipinski definition) is 2. The Bertz CT molecular complexity index is 47.7. The standard InChI is InChI=1S/C5H13IN2/c1-5(6)8-4-3-7-2/h5,7-8H,3-4H2,1-2H3/t5-/m0/s1. The Morgan fingerprint density at radius 2 is 2.12 bits per heavy atom. The Labute approximate surface area is 64.6 Å². The number of likely N-dealkylation sites (N-methyl/N-ethyl adjacent to an activating group) is 1. The molecule has 50 valence electrons. The fourth-order valence-corrected chi connectivity index (χ4v) is 0.707. The molecule has 0 aromatic rings. The van der Waals surface area contributed by atoms with E-state index in [2.05, 4.69) is 40.1 Å². The van der Waals surface area contributed by atoms with Crippen LogP contribution in [0.15, 0.2) is 0 Å². The number of rotatable bonds is 4. The molecule has 0 fully saturated rings. The van der Waals surface area contributed by atoms with Crippen LogP contribution in [-0.4, -0.2) is 24.2 Å². The molecule has 0 aromatic carbocycles. The van der Waals surface area contributed by atoms with Crippen molar-refractivity contribution < 1.29 is 0 Å². The summed E-state index contributed by atoms with van der Waals surface area (Å²) in [5.41, 5.74) is 0. The number of hydrogen-bond donors (Lipinski definition) is 2. The normalized spacial score (nSPS) is 13.9. The number of alkyl halides is 1. The molecule has 2 nitrogen and oxygen atoms in total. The summed E-state index contributed by atoms with van der Waals surface area (Å²) in [7, 11) is 1.96. The van der Waals surface area contributed by atoms with E-state index in [1.54, 1.807) is 0 Å². The van der Waals surface area contributed by atoms with Crippen molar-refractivity contribution in [3.05, 3.63) is 0 Å². The summed E-state index contributed by atoms with van der Waals surface area (Å²) in [5.74, 6) is 0. The van der Waals surface area contributed by atoms with Gasteiger partial charge in [0, 0.05) is 13.1 Å². The van der Waals surface area contributed by atoms with Crippen molar-refractivity contribution in [1.29, 1.82) is 0 Å². The lowest BCUT2D eigenvalue weighted by Crippen LogP contribution is -2.28. The summed E-state index contributed by atoms with van der Waals surface area (Å²) in [6, 6.07) is 0. The monoisotopic (exact) mass is 228 g/mol. The molecule has 0 unspecified atom stereocenters. The van der Waals surface area contributed by atoms with Crippen LogP contribution in [0.5, 0.6) is 0 Å². The molecule has 8 heavy (non-hydrogen) atoms. The molecule has 0 radical (unpaired) electrons. The highest BCUT2D eigenvalue weighted by atomic mass is 127. The van der Waals surface area contributed by atoms with Crippen LogP contribution in [0.25, 0.3) is 0 Å². The largest absolute Gasteiger partial charge is 0.318 e. The zero-order valence-corrected chi connectivity index (χ0v) is 7.53. The first-order valence-electron chi connectivity index (χ1n) is 2.79. The van der Waals surface area contributed by atoms with Crippen molar-refractivity contribution in [2.75, 3.05) is 20.1 Å². The maximum Gasteiger partial charge on any atom is 0.0565 e. The smallest absolute Gasteiger partial charge is 0.0565 e. The van der Waals surface area contributed by atoms with Gasteiger partial charge in [-0.1, -0.05) is 22.6 Å². The Morgan fingerprint density at radius 1 is 1.50 bits per heavy atom. The first-order chi connectivity index (χ1) is 3.77. The second-order valence-electron chi connectivity index (χ2n) is 1.67. The van der Waals surface area contributed by atoms with E-state index in [0.717, 1.165) is 13.1 Å². The van der Waals surface area contributed by atoms with Crippen LogP contribution in [0.4, 0.5) is 0 Å². The van der Waals surface area contributed by atoms with Crippen LogP contribution in [0.3, 0.4) is 0 Å². The second-order valence-corrected chi connectivity index (χ2v) is 3.54. The maximum atomic E-state index is 3.27. The summed E-state index contributed by atoms with van der Waals surface area (Å²) in [6.45, 7) is 4.24. The Hall–Kier alpha value is 0.650. The topological polar surface area (TPSA) is 24.1 Å². The van der Waals surface area contributed by atoms with Crippen molar-refractivity contribution >= 4 is 22.6 Å². The molecule has 0 aromatic heterocycles. The lowest BCUT2D eigenvalue weighted by Gasteiger charge is -2.04. The number of nitrogens with one attached hydrogen (secondary N) is 2. The molecule has 0 rings (SSSR count). The van der Waals surface area contributed by atoms with Crippen molar-refractivity contribution in [3.8, 4) is 0 Å². The van der Waals surface area contributed by atoms with Gasteiger partial charge in [-0.25, -0.2) is 0 Å². The van der Waals surface area contributed by atoms with Gasteiger partial charge in [0.1, 0.15) is 0 Å². The van der Waals surface area contributed by atoms with Gasteiger partial charge < -0.3 is 10.6 Å². The molecule has 0 aliphatic carbocycles. The lowest BCUT2D eigenvalue weighted by atomic mass is 10.6. The summed E-state index contributed by atoms with van der Waals surface area (Å²) < 4.78 is 0.584. The highest BCUT2D eigenvalue weighted by Gasteiger charge is 1.88. The van der Waals surface area contributed by atoms with Gasteiger partial charge in [0.05, 0.1) is 4.05 Å². The van der Waals surface area contributed by atoms with Crippen molar-refractivity contribution in [2.24, 2.45) is 0 Å². The third-order valence-electron chi connectivity index (χ3n) is 0.801. The van der Waals surface area contributed by atoms with Crippen molar-refractivity contribution in [1.82, 2.24) is 10.6 Å². The van der Waals surface area contributed by atoms with Gasteiger partial charge in [-0.2, -0.15) is 0 Å². The highest BCUT2D eigenvalue weighted by Crippen LogP contribution is 1.89. The number of halogens is 1. The molecule has 0 saturated carbocycles. The molecular weight excluding hydrogens is 215 g/mol. The second kappa shape index (κ2) is 5.78. The Balaban J connectivity index is 2.72. The van der Waals surface area contributed by atoms with Gasteiger partial charge in [-0.15, -0.1) is 0 Å². The first kappa shape index (κ1) is 8.65. The average Bonchev–Trinajstić information content (AvgIpc) is 1.66. The summed E-state index contributed by atoms with van der Waals surface area (Å²) >= 11 is 2.34. The third kappa shape index (κ3) is 6.65. The Morgan fingerprint density at radius 3 is 2.50 bits per heavy atom. The Kier molecular flexibility index (Phi) is 6.25. The molecule has 1 atom stereocenters. The van der Waals surface area contributed by atoms with Gasteiger partial charge in [0.2, 0.25) is 0 Å². The van der Waals surface area contributed by atoms with E-state index in [1.807, 2.05) is 7.05 Å². The lowest BCUT2D eigenvalue weighted by molar-refractivity contribution is 0.660. The molecule has 0 aliphatic heterocycles. The first-order valence-corrected chi connectivity index (χ1v) is 4.04. The van der Waals surface area contributed by atoms with Crippen LogP contribution >= 0.6 is 22.6 Å². The SMILES string of the molecule is CNCCN[C@@H](C)I. The van der Waals surface area contributed by atoms with Crippen LogP contribution in [0.1, 0.15) is 6.92 Å². The molecular formula is C5H13IN2. The molecule has 0 aliphatic rings. The molecule has 0 saturated heterocycles. The summed E-state index contributed by atoms with van der Waals surface area (Å²) in [5, 5.41) is 6.33. The third-order valence-corrected chi connectivity index (χ3v) is 1.24. The highest BCUT2D eigenvalue weighted by molar-refractivity contribution is 14.1. The van der Waals surface area contributed by atoms with Crippen LogP contribution in [0.2, 0.25) is 0 Å². The van der Waals surface area contributed by atoms with Gasteiger partial charge in [0.15, 0.2) is 0 Å². The fraction of sp³-hybridized carbons (Fsp3) is 1.00. The zero-order valence-electron chi connectivity index (χ0n) is 5.37. The van der Waals surface area contributed by atoms with Gasteiger partial charge in [-0.05, 0) is 14.0 Å². The van der Waals surface area contributed by atoms with Gasteiger partial charge in [0.25, 0.3) is 0 Å². The van der Waals surface area contributed by atoms with Gasteiger partial charge >= 0.3 is 0 Å². The predicted octanol–water partition coefficient (Wildman–Crippen LogP) is 0.576. The van der Waals surface area contributed by atoms with Crippen LogP contribution in [0, 0.1) is 0 Å². The minimum absolute atomic E-state index is 0.584. The summed E-state index contributed by atoms with van der Waals surface area (Å²) in [4.78, 5) is 0. The van der Waals surface area contributed by atoms with Crippen molar-refractivity contribution in [3.63, 3.8) is 0 Å². The van der Waals surface area contributed by atoms with E-state index in [9.17, 15) is 0 Å². The molecule has 3 heteroatoms. The van der Waals surface area contributed by atoms with E-state index < -0.39 is 0 Å². The van der Waals surface area contributed by atoms with E-state index >= 15 is 0 Å². The fourth-order valence-electron chi connectivity index (χ4n) is 0.396. The minimum atomic E-state index is 0.584. The van der Waals surface area contributed by atoms with E-state index in [4.69, 9.17) is 0 Å². The molecule has 0 bridgehead atoms. The molecule has 0 spiro atoms. The average molecular weight is 228 g/mol. The minimum Gasteiger partial charge on any atom is -0.318 e. The van der Waals surface area contributed by atoms with E-state index in [-0.39, 0.29) is 0 Å². The zero-order chi connectivity index (χ0) is 6.41. The van der Waals surface area contributed by atoms with E-state index in [0.29, 0.717) is 4.05 Å². The van der Waals surface area contributed by atoms with Gasteiger partial charge in [-0.3, -0.25) is 0 Å². The summed E-state index contributed by atoms with van der Waals surface area (Å²) in [6.07, 6.45) is 0. The molecule has 0 amide bonds. The van der Waals surface area contributed by atoms with Crippen LogP contribution in [-0.2, 0) is 0 Å². The quantitative estimate of drug-likeness (QED) is 0.318. The molecule has 0 heterocycles. The maximum absolute atomic E-state index is 3.27. The van der Waals surface area contributed by atoms with Crippen LogP contribution < -0.4 is 10.6 Å². The molecule has 2 N–H and O–H groups in total. The van der Waals surface area contributed by atoms with Crippen molar-refractivity contribution in [2.45, 2.75) is 11.0 Å². The predicted molar refractivity (Wildman–Crippen MR) is 45.4 cm³/mol. The van der Waals surface area contributed by atoms with E-state index in [1.165, 1.54) is 0 Å².